The van der Waals surface area contributed by atoms with Crippen molar-refractivity contribution in [3.8, 4) is 0 Å². The zero-order valence-electron chi connectivity index (χ0n) is 11.5. The Bertz CT molecular complexity index is 426. The van der Waals surface area contributed by atoms with Crippen LogP contribution < -0.4 is 5.73 Å². The number of pyridine rings is 1. The standard InChI is InChI=1S/C15H22N2O2/c1-11-2-3-13(9-17-11)14(16)12-4-6-19-15(8-12)5-7-18-10-15/h2-3,9,12,14H,4-8,10,16H2,1H3. The number of nitrogens with two attached hydrogens (primary N) is 1. The number of hydrogen-bond donors (Lipinski definition) is 1. The molecule has 1 aromatic heterocycles. The summed E-state index contributed by atoms with van der Waals surface area (Å²) in [6, 6.07) is 4.18. The molecule has 104 valence electrons. The lowest BCUT2D eigenvalue weighted by Crippen LogP contribution is -2.43. The van der Waals surface area contributed by atoms with Gasteiger partial charge in [-0.05, 0) is 37.3 Å². The van der Waals surface area contributed by atoms with Crippen molar-refractivity contribution in [2.75, 3.05) is 19.8 Å². The molecule has 0 saturated carbocycles. The first-order valence-electron chi connectivity index (χ1n) is 7.08. The molecule has 0 aliphatic carbocycles. The Labute approximate surface area is 114 Å². The Balaban J connectivity index is 1.72. The zero-order chi connectivity index (χ0) is 13.3. The number of aryl methyl sites for hydroxylation is 1. The SMILES string of the molecule is Cc1ccc(C(N)C2CCOC3(CCOC3)C2)cn1. The molecule has 2 fully saturated rings. The first-order valence-corrected chi connectivity index (χ1v) is 7.08. The van der Waals surface area contributed by atoms with Crippen LogP contribution in [0.4, 0.5) is 0 Å². The average molecular weight is 262 g/mol. The fraction of sp³-hybridized carbons (Fsp3) is 0.667. The lowest BCUT2D eigenvalue weighted by atomic mass is 9.79. The summed E-state index contributed by atoms with van der Waals surface area (Å²) in [5.41, 5.74) is 8.53. The monoisotopic (exact) mass is 262 g/mol. The van der Waals surface area contributed by atoms with Gasteiger partial charge in [-0.2, -0.15) is 0 Å². The molecule has 1 spiro atoms. The summed E-state index contributed by atoms with van der Waals surface area (Å²) in [5.74, 6) is 0.458. The summed E-state index contributed by atoms with van der Waals surface area (Å²) in [5, 5.41) is 0. The Kier molecular flexibility index (Phi) is 3.56. The van der Waals surface area contributed by atoms with Gasteiger partial charge in [-0.3, -0.25) is 4.98 Å². The molecular formula is C15H22N2O2. The summed E-state index contributed by atoms with van der Waals surface area (Å²) < 4.78 is 11.5. The number of aromatic nitrogens is 1. The molecule has 0 bridgehead atoms. The molecule has 0 radical (unpaired) electrons. The summed E-state index contributed by atoms with van der Waals surface area (Å²) in [6.07, 6.45) is 4.94. The minimum atomic E-state index is -0.0708. The van der Waals surface area contributed by atoms with Crippen molar-refractivity contribution in [3.05, 3.63) is 29.6 Å². The fourth-order valence-electron chi connectivity index (χ4n) is 3.18. The van der Waals surface area contributed by atoms with Crippen molar-refractivity contribution in [3.63, 3.8) is 0 Å². The second-order valence-electron chi connectivity index (χ2n) is 5.85. The van der Waals surface area contributed by atoms with Gasteiger partial charge in [0.05, 0.1) is 12.2 Å². The van der Waals surface area contributed by atoms with E-state index in [0.29, 0.717) is 5.92 Å². The van der Waals surface area contributed by atoms with E-state index in [2.05, 4.69) is 11.1 Å². The van der Waals surface area contributed by atoms with Crippen molar-refractivity contribution in [2.24, 2.45) is 11.7 Å². The molecule has 0 aromatic carbocycles. The molecule has 0 amide bonds. The lowest BCUT2D eigenvalue weighted by Gasteiger charge is -2.39. The van der Waals surface area contributed by atoms with Crippen LogP contribution in [0.15, 0.2) is 18.3 Å². The first kappa shape index (κ1) is 13.0. The van der Waals surface area contributed by atoms with Gasteiger partial charge in [-0.15, -0.1) is 0 Å². The fourth-order valence-corrected chi connectivity index (χ4v) is 3.18. The minimum Gasteiger partial charge on any atom is -0.378 e. The molecule has 3 unspecified atom stereocenters. The van der Waals surface area contributed by atoms with Crippen molar-refractivity contribution < 1.29 is 9.47 Å². The maximum atomic E-state index is 6.43. The van der Waals surface area contributed by atoms with Crippen molar-refractivity contribution in [1.82, 2.24) is 4.98 Å². The van der Waals surface area contributed by atoms with Crippen LogP contribution >= 0.6 is 0 Å². The van der Waals surface area contributed by atoms with Crippen LogP contribution in [0.5, 0.6) is 0 Å². The largest absolute Gasteiger partial charge is 0.378 e. The van der Waals surface area contributed by atoms with Crippen LogP contribution in [0.3, 0.4) is 0 Å². The number of hydrogen-bond acceptors (Lipinski definition) is 4. The minimum absolute atomic E-state index is 0.0504. The summed E-state index contributed by atoms with van der Waals surface area (Å²) in [7, 11) is 0. The van der Waals surface area contributed by atoms with E-state index in [1.165, 1.54) is 0 Å². The molecule has 3 heterocycles. The molecule has 1 aromatic rings. The molecule has 3 rings (SSSR count). The van der Waals surface area contributed by atoms with Gasteiger partial charge in [0.15, 0.2) is 0 Å². The van der Waals surface area contributed by atoms with Crippen LogP contribution in [0.2, 0.25) is 0 Å². The van der Waals surface area contributed by atoms with Gasteiger partial charge in [-0.1, -0.05) is 6.07 Å². The first-order chi connectivity index (χ1) is 9.19. The van der Waals surface area contributed by atoms with Crippen LogP contribution in [0, 0.1) is 12.8 Å². The number of nitrogens with zero attached hydrogens (tertiary/aromatic N) is 1. The van der Waals surface area contributed by atoms with Gasteiger partial charge >= 0.3 is 0 Å². The summed E-state index contributed by atoms with van der Waals surface area (Å²) in [4.78, 5) is 4.35. The van der Waals surface area contributed by atoms with Crippen LogP contribution in [0.25, 0.3) is 0 Å². The molecule has 4 nitrogen and oxygen atoms in total. The third-order valence-corrected chi connectivity index (χ3v) is 4.43. The number of ether oxygens (including phenoxy) is 2. The van der Waals surface area contributed by atoms with Crippen molar-refractivity contribution >= 4 is 0 Å². The van der Waals surface area contributed by atoms with Crippen molar-refractivity contribution in [1.29, 1.82) is 0 Å². The van der Waals surface area contributed by atoms with Crippen LogP contribution in [-0.2, 0) is 9.47 Å². The summed E-state index contributed by atoms with van der Waals surface area (Å²) in [6.45, 7) is 4.33. The van der Waals surface area contributed by atoms with Crippen LogP contribution in [0.1, 0.15) is 36.6 Å². The molecule has 2 N–H and O–H groups in total. The molecule has 2 aliphatic rings. The molecular weight excluding hydrogens is 240 g/mol. The van der Waals surface area contributed by atoms with E-state index in [4.69, 9.17) is 15.2 Å². The highest BCUT2D eigenvalue weighted by Gasteiger charge is 2.42. The average Bonchev–Trinajstić information content (AvgIpc) is 2.87. The van der Waals surface area contributed by atoms with Crippen LogP contribution in [-0.4, -0.2) is 30.4 Å². The predicted molar refractivity (Wildman–Crippen MR) is 72.7 cm³/mol. The highest BCUT2D eigenvalue weighted by molar-refractivity contribution is 5.18. The smallest absolute Gasteiger partial charge is 0.0940 e. The van der Waals surface area contributed by atoms with E-state index in [1.54, 1.807) is 0 Å². The Morgan fingerprint density at radius 2 is 2.32 bits per heavy atom. The molecule has 2 aliphatic heterocycles. The van der Waals surface area contributed by atoms with E-state index in [1.807, 2.05) is 19.2 Å². The Hall–Kier alpha value is -0.970. The molecule has 3 atom stereocenters. The molecule has 4 heteroatoms. The van der Waals surface area contributed by atoms with Gasteiger partial charge in [0.1, 0.15) is 0 Å². The Morgan fingerprint density at radius 1 is 1.42 bits per heavy atom. The zero-order valence-corrected chi connectivity index (χ0v) is 11.5. The van der Waals surface area contributed by atoms with Gasteiger partial charge < -0.3 is 15.2 Å². The van der Waals surface area contributed by atoms with Crippen molar-refractivity contribution in [2.45, 2.75) is 37.8 Å². The van der Waals surface area contributed by atoms with Gasteiger partial charge in [-0.25, -0.2) is 0 Å². The van der Waals surface area contributed by atoms with E-state index >= 15 is 0 Å². The second kappa shape index (κ2) is 5.19. The Morgan fingerprint density at radius 3 is 3.00 bits per heavy atom. The van der Waals surface area contributed by atoms with E-state index < -0.39 is 0 Å². The normalized spacial score (nSPS) is 32.6. The topological polar surface area (TPSA) is 57.4 Å². The maximum absolute atomic E-state index is 6.43. The predicted octanol–water partition coefficient (Wildman–Crippen LogP) is 1.98. The van der Waals surface area contributed by atoms with E-state index in [0.717, 1.165) is 50.3 Å². The lowest BCUT2D eigenvalue weighted by molar-refractivity contribution is -0.101. The number of rotatable bonds is 2. The molecule has 19 heavy (non-hydrogen) atoms. The van der Waals surface area contributed by atoms with E-state index in [9.17, 15) is 0 Å². The highest BCUT2D eigenvalue weighted by Crippen LogP contribution is 2.39. The molecule has 2 saturated heterocycles. The quantitative estimate of drug-likeness (QED) is 0.885. The van der Waals surface area contributed by atoms with Gasteiger partial charge in [0, 0.05) is 37.6 Å². The van der Waals surface area contributed by atoms with Gasteiger partial charge in [0.25, 0.3) is 0 Å². The van der Waals surface area contributed by atoms with Gasteiger partial charge in [0.2, 0.25) is 0 Å². The highest BCUT2D eigenvalue weighted by atomic mass is 16.6. The maximum Gasteiger partial charge on any atom is 0.0940 e. The second-order valence-corrected chi connectivity index (χ2v) is 5.85. The third kappa shape index (κ3) is 2.66. The third-order valence-electron chi connectivity index (χ3n) is 4.43. The summed E-state index contributed by atoms with van der Waals surface area (Å²) >= 11 is 0. The van der Waals surface area contributed by atoms with E-state index in [-0.39, 0.29) is 11.6 Å².